The average molecular weight is 335 g/mol. The van der Waals surface area contributed by atoms with E-state index in [9.17, 15) is 13.6 Å². The van der Waals surface area contributed by atoms with Crippen molar-refractivity contribution in [1.82, 2.24) is 0 Å². The lowest BCUT2D eigenvalue weighted by molar-refractivity contribution is -0.111. The predicted octanol–water partition coefficient (Wildman–Crippen LogP) is 5.14. The van der Waals surface area contributed by atoms with Crippen LogP contribution >= 0.6 is 0 Å². The molecule has 0 aliphatic heterocycles. The van der Waals surface area contributed by atoms with Gasteiger partial charge in [0.1, 0.15) is 17.3 Å². The Morgan fingerprint density at radius 3 is 1.92 bits per heavy atom. The lowest BCUT2D eigenvalue weighted by Gasteiger charge is -2.11. The summed E-state index contributed by atoms with van der Waals surface area (Å²) in [7, 11) is 0. The molecule has 0 heterocycles. The van der Waals surface area contributed by atoms with Crippen molar-refractivity contribution < 1.29 is 13.6 Å². The summed E-state index contributed by atoms with van der Waals surface area (Å²) in [5.41, 5.74) is 1.32. The van der Waals surface area contributed by atoms with Gasteiger partial charge in [0, 0.05) is 5.57 Å². The van der Waals surface area contributed by atoms with E-state index in [0.29, 0.717) is 11.1 Å². The fourth-order valence-corrected chi connectivity index (χ4v) is 2.41. The quantitative estimate of drug-likeness (QED) is 0.519. The largest absolute Gasteiger partial charge is 0.317 e. The van der Waals surface area contributed by atoms with Gasteiger partial charge in [-0.15, -0.1) is 0 Å². The first-order valence-corrected chi connectivity index (χ1v) is 7.72. The third kappa shape index (κ3) is 3.98. The smallest absolute Gasteiger partial charge is 0.256 e. The van der Waals surface area contributed by atoms with Crippen LogP contribution in [0.1, 0.15) is 11.1 Å². The molecule has 25 heavy (non-hydrogen) atoms. The minimum absolute atomic E-state index is 0.314. The van der Waals surface area contributed by atoms with Gasteiger partial charge in [-0.1, -0.05) is 66.7 Å². The maximum absolute atomic E-state index is 13.8. The second kappa shape index (κ2) is 7.53. The Kier molecular flexibility index (Phi) is 5.00. The van der Waals surface area contributed by atoms with Crippen LogP contribution in [0.3, 0.4) is 0 Å². The first-order chi connectivity index (χ1) is 12.1. The topological polar surface area (TPSA) is 29.1 Å². The zero-order chi connectivity index (χ0) is 17.6. The summed E-state index contributed by atoms with van der Waals surface area (Å²) in [5.74, 6) is -2.22. The molecule has 0 aliphatic carbocycles. The highest BCUT2D eigenvalue weighted by Gasteiger charge is 2.16. The Bertz CT molecular complexity index is 885. The van der Waals surface area contributed by atoms with Crippen LogP contribution in [0.4, 0.5) is 14.5 Å². The van der Waals surface area contributed by atoms with Crippen molar-refractivity contribution in [2.75, 3.05) is 5.32 Å². The standard InChI is InChI=1S/C21H15F2NO/c22-18-12-7-13-19(23)20(18)24-21(25)17(16-10-5-2-6-11-16)14-15-8-3-1-4-9-15/h1-14H,(H,24,25)/b17-14+. The molecule has 4 heteroatoms. The molecule has 124 valence electrons. The van der Waals surface area contributed by atoms with Crippen molar-refractivity contribution in [3.63, 3.8) is 0 Å². The van der Waals surface area contributed by atoms with Gasteiger partial charge in [-0.25, -0.2) is 8.78 Å². The van der Waals surface area contributed by atoms with Crippen molar-refractivity contribution in [3.05, 3.63) is 102 Å². The minimum Gasteiger partial charge on any atom is -0.317 e. The number of amides is 1. The van der Waals surface area contributed by atoms with Gasteiger partial charge in [0.15, 0.2) is 0 Å². The van der Waals surface area contributed by atoms with Gasteiger partial charge in [0.05, 0.1) is 0 Å². The SMILES string of the molecule is O=C(Nc1c(F)cccc1F)/C(=C/c1ccccc1)c1ccccc1. The second-order valence-electron chi connectivity index (χ2n) is 5.39. The normalized spacial score (nSPS) is 11.2. The van der Waals surface area contributed by atoms with Crippen molar-refractivity contribution in [1.29, 1.82) is 0 Å². The van der Waals surface area contributed by atoms with Crippen LogP contribution in [0.25, 0.3) is 11.6 Å². The molecular weight excluding hydrogens is 320 g/mol. The molecule has 0 spiro atoms. The number of hydrogen-bond acceptors (Lipinski definition) is 1. The van der Waals surface area contributed by atoms with E-state index in [2.05, 4.69) is 5.32 Å². The van der Waals surface area contributed by atoms with E-state index in [-0.39, 0.29) is 0 Å². The Labute approximate surface area is 144 Å². The van der Waals surface area contributed by atoms with Crippen molar-refractivity contribution in [2.24, 2.45) is 0 Å². The summed E-state index contributed by atoms with van der Waals surface area (Å²) >= 11 is 0. The maximum Gasteiger partial charge on any atom is 0.256 e. The van der Waals surface area contributed by atoms with Gasteiger partial charge in [0.2, 0.25) is 0 Å². The van der Waals surface area contributed by atoms with Crippen LogP contribution in [0.2, 0.25) is 0 Å². The lowest BCUT2D eigenvalue weighted by Crippen LogP contribution is -2.15. The molecule has 0 unspecified atom stereocenters. The number of rotatable bonds is 4. The van der Waals surface area contributed by atoms with Crippen LogP contribution in [0, 0.1) is 11.6 Å². The summed E-state index contributed by atoms with van der Waals surface area (Å²) in [4.78, 5) is 12.7. The zero-order valence-electron chi connectivity index (χ0n) is 13.2. The molecule has 0 fully saturated rings. The molecule has 3 aromatic rings. The first kappa shape index (κ1) is 16.6. The van der Waals surface area contributed by atoms with Gasteiger partial charge in [-0.05, 0) is 29.3 Å². The maximum atomic E-state index is 13.8. The molecule has 0 atom stereocenters. The van der Waals surface area contributed by atoms with Crippen LogP contribution in [-0.2, 0) is 4.79 Å². The Morgan fingerprint density at radius 1 is 0.760 bits per heavy atom. The van der Waals surface area contributed by atoms with Crippen LogP contribution in [0.15, 0.2) is 78.9 Å². The molecule has 0 aromatic heterocycles. The van der Waals surface area contributed by atoms with Crippen LogP contribution in [-0.4, -0.2) is 5.91 Å². The molecule has 3 rings (SSSR count). The van der Waals surface area contributed by atoms with E-state index in [4.69, 9.17) is 0 Å². The number of hydrogen-bond donors (Lipinski definition) is 1. The molecule has 0 bridgehead atoms. The van der Waals surface area contributed by atoms with Gasteiger partial charge < -0.3 is 5.32 Å². The molecule has 0 radical (unpaired) electrons. The first-order valence-electron chi connectivity index (χ1n) is 7.72. The molecule has 0 aliphatic rings. The summed E-state index contributed by atoms with van der Waals surface area (Å²) in [6.45, 7) is 0. The second-order valence-corrected chi connectivity index (χ2v) is 5.39. The molecular formula is C21H15F2NO. The molecule has 2 nitrogen and oxygen atoms in total. The monoisotopic (exact) mass is 335 g/mol. The van der Waals surface area contributed by atoms with E-state index in [0.717, 1.165) is 17.7 Å². The molecule has 1 amide bonds. The number of carbonyl (C=O) groups excluding carboxylic acids is 1. The molecule has 0 saturated heterocycles. The van der Waals surface area contributed by atoms with Crippen molar-refractivity contribution >= 4 is 23.2 Å². The molecule has 1 N–H and O–H groups in total. The Balaban J connectivity index is 2.00. The van der Waals surface area contributed by atoms with E-state index in [1.165, 1.54) is 6.07 Å². The molecule has 0 saturated carbocycles. The number of benzene rings is 3. The Hall–Kier alpha value is -3.27. The third-order valence-corrected chi connectivity index (χ3v) is 3.64. The summed E-state index contributed by atoms with van der Waals surface area (Å²) < 4.78 is 27.7. The zero-order valence-corrected chi connectivity index (χ0v) is 13.2. The summed E-state index contributed by atoms with van der Waals surface area (Å²) in [6.07, 6.45) is 1.68. The van der Waals surface area contributed by atoms with Gasteiger partial charge in [-0.3, -0.25) is 4.79 Å². The highest BCUT2D eigenvalue weighted by atomic mass is 19.1. The summed E-state index contributed by atoms with van der Waals surface area (Å²) in [6, 6.07) is 21.7. The van der Waals surface area contributed by atoms with Crippen LogP contribution in [0.5, 0.6) is 0 Å². The van der Waals surface area contributed by atoms with Crippen molar-refractivity contribution in [3.8, 4) is 0 Å². The fraction of sp³-hybridized carbons (Fsp3) is 0. The lowest BCUT2D eigenvalue weighted by atomic mass is 10.0. The van der Waals surface area contributed by atoms with Gasteiger partial charge in [-0.2, -0.15) is 0 Å². The number of para-hydroxylation sites is 1. The third-order valence-electron chi connectivity index (χ3n) is 3.64. The number of halogens is 2. The predicted molar refractivity (Wildman–Crippen MR) is 95.7 cm³/mol. The average Bonchev–Trinajstić information content (AvgIpc) is 2.64. The molecule has 3 aromatic carbocycles. The highest BCUT2D eigenvalue weighted by Crippen LogP contribution is 2.23. The fourth-order valence-electron chi connectivity index (χ4n) is 2.41. The number of anilines is 1. The van der Waals surface area contributed by atoms with E-state index in [1.54, 1.807) is 30.3 Å². The summed E-state index contributed by atoms with van der Waals surface area (Å²) in [5, 5.41) is 2.34. The minimum atomic E-state index is -0.819. The van der Waals surface area contributed by atoms with Gasteiger partial charge in [0.25, 0.3) is 5.91 Å². The van der Waals surface area contributed by atoms with E-state index in [1.807, 2.05) is 36.4 Å². The van der Waals surface area contributed by atoms with E-state index >= 15 is 0 Å². The number of carbonyl (C=O) groups is 1. The van der Waals surface area contributed by atoms with Gasteiger partial charge >= 0.3 is 0 Å². The Morgan fingerprint density at radius 2 is 1.32 bits per heavy atom. The number of nitrogens with one attached hydrogen (secondary N) is 1. The van der Waals surface area contributed by atoms with Crippen molar-refractivity contribution in [2.45, 2.75) is 0 Å². The van der Waals surface area contributed by atoms with Crippen LogP contribution < -0.4 is 5.32 Å². The van der Waals surface area contributed by atoms with E-state index < -0.39 is 23.2 Å². The highest BCUT2D eigenvalue weighted by molar-refractivity contribution is 6.29.